The Kier molecular flexibility index (Phi) is 7.85. The molecule has 0 aliphatic rings. The molecule has 146 valence electrons. The molecule has 0 fully saturated rings. The Hall–Kier alpha value is -2.34. The van der Waals surface area contributed by atoms with Gasteiger partial charge in [0.15, 0.2) is 0 Å². The number of nitrogens with zero attached hydrogens (tertiary/aromatic N) is 3. The summed E-state index contributed by atoms with van der Waals surface area (Å²) in [7, 11) is 3.43. The van der Waals surface area contributed by atoms with Gasteiger partial charge in [-0.2, -0.15) is 0 Å². The number of hydrogen-bond donors (Lipinski definition) is 0. The second-order valence-corrected chi connectivity index (χ2v) is 8.22. The van der Waals surface area contributed by atoms with Crippen LogP contribution < -0.4 is 0 Å². The number of amides is 3. The van der Waals surface area contributed by atoms with E-state index in [0.717, 1.165) is 16.9 Å². The highest BCUT2D eigenvalue weighted by atomic mass is 32.1. The molecule has 3 amide bonds. The molecule has 2 rings (SSSR count). The van der Waals surface area contributed by atoms with Gasteiger partial charge in [-0.05, 0) is 31.0 Å². The molecule has 0 spiro atoms. The van der Waals surface area contributed by atoms with Crippen LogP contribution in [-0.4, -0.2) is 53.8 Å². The predicted octanol–water partition coefficient (Wildman–Crippen LogP) is 3.98. The summed E-state index contributed by atoms with van der Waals surface area (Å²) in [4.78, 5) is 32.8. The molecule has 0 aliphatic carbocycles. The second-order valence-electron chi connectivity index (χ2n) is 6.85. The van der Waals surface area contributed by atoms with Crippen LogP contribution in [0, 0.1) is 6.92 Å². The molecule has 0 N–H and O–H groups in total. The smallest absolute Gasteiger partial charge is 0.319 e. The van der Waals surface area contributed by atoms with Crippen molar-refractivity contribution >= 4 is 23.3 Å². The molecule has 2 aromatic rings. The zero-order valence-corrected chi connectivity index (χ0v) is 17.5. The van der Waals surface area contributed by atoms with E-state index in [-0.39, 0.29) is 18.5 Å². The maximum atomic E-state index is 13.1. The lowest BCUT2D eigenvalue weighted by atomic mass is 10.2. The topological polar surface area (TPSA) is 43.9 Å². The third-order valence-corrected chi connectivity index (χ3v) is 5.17. The van der Waals surface area contributed by atoms with Crippen molar-refractivity contribution in [1.29, 1.82) is 0 Å². The largest absolute Gasteiger partial charge is 0.332 e. The van der Waals surface area contributed by atoms with E-state index in [1.54, 1.807) is 30.3 Å². The Bertz CT molecular complexity index is 743. The molecule has 0 unspecified atom stereocenters. The van der Waals surface area contributed by atoms with Crippen LogP contribution in [0.3, 0.4) is 0 Å². The number of rotatable bonds is 8. The third kappa shape index (κ3) is 6.40. The van der Waals surface area contributed by atoms with Gasteiger partial charge in [0.1, 0.15) is 6.54 Å². The van der Waals surface area contributed by atoms with E-state index in [2.05, 4.69) is 19.1 Å². The lowest BCUT2D eigenvalue weighted by Crippen LogP contribution is -2.46. The molecule has 1 heterocycles. The van der Waals surface area contributed by atoms with Crippen LogP contribution >= 0.6 is 11.3 Å². The average molecular weight is 388 g/mol. The summed E-state index contributed by atoms with van der Waals surface area (Å²) >= 11 is 1.70. The first kappa shape index (κ1) is 21.0. The van der Waals surface area contributed by atoms with E-state index in [1.807, 2.05) is 42.2 Å². The number of urea groups is 1. The van der Waals surface area contributed by atoms with Crippen molar-refractivity contribution in [3.05, 3.63) is 57.8 Å². The molecular formula is C21H29N3O2S. The van der Waals surface area contributed by atoms with Gasteiger partial charge in [0.25, 0.3) is 0 Å². The summed E-state index contributed by atoms with van der Waals surface area (Å²) in [6, 6.07) is 14.0. The number of hydrogen-bond acceptors (Lipinski definition) is 3. The van der Waals surface area contributed by atoms with Gasteiger partial charge in [-0.15, -0.1) is 11.3 Å². The maximum Gasteiger partial charge on any atom is 0.319 e. The lowest BCUT2D eigenvalue weighted by molar-refractivity contribution is -0.133. The molecule has 0 radical (unpaired) electrons. The molecular weight excluding hydrogens is 358 g/mol. The van der Waals surface area contributed by atoms with Crippen LogP contribution in [0.4, 0.5) is 4.79 Å². The third-order valence-electron chi connectivity index (χ3n) is 4.18. The summed E-state index contributed by atoms with van der Waals surface area (Å²) < 4.78 is 0. The molecule has 0 saturated carbocycles. The van der Waals surface area contributed by atoms with Crippen molar-refractivity contribution in [1.82, 2.24) is 14.7 Å². The molecule has 0 atom stereocenters. The molecule has 0 bridgehead atoms. The fourth-order valence-electron chi connectivity index (χ4n) is 2.85. The quantitative estimate of drug-likeness (QED) is 0.688. The number of carbonyl (C=O) groups excluding carboxylic acids is 2. The minimum absolute atomic E-state index is 0.0337. The maximum absolute atomic E-state index is 13.1. The van der Waals surface area contributed by atoms with Gasteiger partial charge in [-0.3, -0.25) is 4.79 Å². The van der Waals surface area contributed by atoms with Crippen molar-refractivity contribution in [2.24, 2.45) is 0 Å². The molecule has 1 aromatic carbocycles. The first-order valence-electron chi connectivity index (χ1n) is 9.24. The van der Waals surface area contributed by atoms with Crippen molar-refractivity contribution in [3.63, 3.8) is 0 Å². The number of benzene rings is 1. The Morgan fingerprint density at radius 3 is 2.22 bits per heavy atom. The second kappa shape index (κ2) is 10.1. The van der Waals surface area contributed by atoms with Gasteiger partial charge in [-0.25, -0.2) is 4.79 Å². The van der Waals surface area contributed by atoms with Crippen molar-refractivity contribution in [3.8, 4) is 0 Å². The summed E-state index contributed by atoms with van der Waals surface area (Å²) in [5.74, 6) is -0.0337. The van der Waals surface area contributed by atoms with Gasteiger partial charge >= 0.3 is 6.03 Å². The first-order valence-corrected chi connectivity index (χ1v) is 10.1. The van der Waals surface area contributed by atoms with Crippen LogP contribution in [0.15, 0.2) is 42.5 Å². The van der Waals surface area contributed by atoms with Gasteiger partial charge in [-0.1, -0.05) is 37.3 Å². The number of thiophene rings is 1. The van der Waals surface area contributed by atoms with Crippen LogP contribution in [0.5, 0.6) is 0 Å². The van der Waals surface area contributed by atoms with E-state index in [1.165, 1.54) is 9.78 Å². The van der Waals surface area contributed by atoms with Crippen LogP contribution in [0.25, 0.3) is 0 Å². The standard InChI is InChI=1S/C21H29N3O2S/c1-5-13-23(21(26)22(3)4)16-20(25)24(14-18-9-7-6-8-10-18)15-19-12-11-17(2)27-19/h6-12H,5,13-16H2,1-4H3. The normalized spacial score (nSPS) is 10.5. The number of aryl methyl sites for hydroxylation is 1. The molecule has 1 aromatic heterocycles. The lowest BCUT2D eigenvalue weighted by Gasteiger charge is -2.29. The highest BCUT2D eigenvalue weighted by Crippen LogP contribution is 2.19. The van der Waals surface area contributed by atoms with Crippen LogP contribution in [0.2, 0.25) is 0 Å². The molecule has 0 aliphatic heterocycles. The summed E-state index contributed by atoms with van der Waals surface area (Å²) in [5, 5.41) is 0. The van der Waals surface area contributed by atoms with E-state index in [0.29, 0.717) is 19.6 Å². The van der Waals surface area contributed by atoms with Crippen LogP contribution in [0.1, 0.15) is 28.7 Å². The Balaban J connectivity index is 2.16. The minimum atomic E-state index is -0.128. The number of carbonyl (C=O) groups is 2. The Labute approximate surface area is 166 Å². The summed E-state index contributed by atoms with van der Waals surface area (Å²) in [6.45, 7) is 5.84. The molecule has 27 heavy (non-hydrogen) atoms. The van der Waals surface area contributed by atoms with E-state index < -0.39 is 0 Å². The highest BCUT2D eigenvalue weighted by Gasteiger charge is 2.22. The average Bonchev–Trinajstić information content (AvgIpc) is 3.05. The highest BCUT2D eigenvalue weighted by molar-refractivity contribution is 7.11. The van der Waals surface area contributed by atoms with Crippen LogP contribution in [-0.2, 0) is 17.9 Å². The summed E-state index contributed by atoms with van der Waals surface area (Å²) in [5.41, 5.74) is 1.08. The fourth-order valence-corrected chi connectivity index (χ4v) is 3.76. The van der Waals surface area contributed by atoms with Gasteiger partial charge in [0.05, 0.1) is 6.54 Å². The van der Waals surface area contributed by atoms with E-state index in [9.17, 15) is 9.59 Å². The van der Waals surface area contributed by atoms with Gasteiger partial charge in [0, 0.05) is 36.9 Å². The minimum Gasteiger partial charge on any atom is -0.332 e. The SMILES string of the molecule is CCCN(CC(=O)N(Cc1ccccc1)Cc1ccc(C)s1)C(=O)N(C)C. The zero-order valence-electron chi connectivity index (χ0n) is 16.6. The van der Waals surface area contributed by atoms with Gasteiger partial charge < -0.3 is 14.7 Å². The van der Waals surface area contributed by atoms with Crippen molar-refractivity contribution in [2.45, 2.75) is 33.4 Å². The molecule has 0 saturated heterocycles. The first-order chi connectivity index (χ1) is 12.9. The van der Waals surface area contributed by atoms with E-state index in [4.69, 9.17) is 0 Å². The van der Waals surface area contributed by atoms with Gasteiger partial charge in [0.2, 0.25) is 5.91 Å². The molecule has 5 nitrogen and oxygen atoms in total. The fraction of sp³-hybridized carbons (Fsp3) is 0.429. The zero-order chi connectivity index (χ0) is 19.8. The monoisotopic (exact) mass is 387 g/mol. The van der Waals surface area contributed by atoms with Crippen molar-refractivity contribution < 1.29 is 9.59 Å². The molecule has 6 heteroatoms. The Morgan fingerprint density at radius 1 is 0.963 bits per heavy atom. The van der Waals surface area contributed by atoms with E-state index >= 15 is 0 Å². The Morgan fingerprint density at radius 2 is 1.67 bits per heavy atom. The summed E-state index contributed by atoms with van der Waals surface area (Å²) in [6.07, 6.45) is 0.815. The van der Waals surface area contributed by atoms with Crippen molar-refractivity contribution in [2.75, 3.05) is 27.2 Å². The predicted molar refractivity (Wildman–Crippen MR) is 111 cm³/mol.